The number of pyridine rings is 2. The molecule has 4 aromatic heterocycles. The molecular weight excluding hydrogens is 378 g/mol. The van der Waals surface area contributed by atoms with Crippen LogP contribution in [0.1, 0.15) is 28.7 Å². The first-order valence-corrected chi connectivity index (χ1v) is 9.26. The van der Waals surface area contributed by atoms with Crippen molar-refractivity contribution >= 4 is 23.0 Å². The Balaban J connectivity index is 2.02. The molecule has 150 valence electrons. The first-order valence-electron chi connectivity index (χ1n) is 9.26. The molecule has 0 bridgehead atoms. The van der Waals surface area contributed by atoms with Crippen molar-refractivity contribution in [2.75, 3.05) is 7.11 Å². The number of rotatable bonds is 6. The van der Waals surface area contributed by atoms with E-state index in [2.05, 4.69) is 9.97 Å². The number of ether oxygens (including phenoxy) is 1. The average molecular weight is 398 g/mol. The van der Waals surface area contributed by atoms with Crippen LogP contribution in [0.2, 0.25) is 0 Å². The van der Waals surface area contributed by atoms with Gasteiger partial charge in [0, 0.05) is 22.7 Å². The summed E-state index contributed by atoms with van der Waals surface area (Å²) in [5.74, 6) is 0.448. The van der Waals surface area contributed by atoms with Gasteiger partial charge in [0.2, 0.25) is 0 Å². The number of aldehydes is 1. The van der Waals surface area contributed by atoms with E-state index >= 15 is 0 Å². The summed E-state index contributed by atoms with van der Waals surface area (Å²) in [7, 11) is 1.51. The lowest BCUT2D eigenvalue weighted by atomic mass is 10.2. The maximum absolute atomic E-state index is 13.4. The summed E-state index contributed by atoms with van der Waals surface area (Å²) >= 11 is 0. The minimum Gasteiger partial charge on any atom is -0.482 e. The maximum Gasteiger partial charge on any atom is 0.256 e. The van der Waals surface area contributed by atoms with Gasteiger partial charge in [0.05, 0.1) is 25.0 Å². The summed E-state index contributed by atoms with van der Waals surface area (Å²) < 4.78 is 35.5. The van der Waals surface area contributed by atoms with Crippen LogP contribution in [0.5, 0.6) is 5.88 Å². The number of imidazole rings is 1. The van der Waals surface area contributed by atoms with Gasteiger partial charge in [-0.2, -0.15) is 0 Å². The maximum atomic E-state index is 13.4. The molecule has 0 aromatic carbocycles. The zero-order valence-electron chi connectivity index (χ0n) is 16.3. The highest BCUT2D eigenvalue weighted by atomic mass is 19.3. The average Bonchev–Trinajstić information content (AvgIpc) is 3.23. The van der Waals surface area contributed by atoms with Gasteiger partial charge in [-0.25, -0.2) is 18.7 Å². The molecular formula is C21H20F2N4O2. The molecule has 0 N–H and O–H groups in total. The van der Waals surface area contributed by atoms with Crippen molar-refractivity contribution in [2.45, 2.75) is 33.2 Å². The fraction of sp³-hybridized carbons (Fsp3) is 0.286. The molecule has 0 aliphatic carbocycles. The quantitative estimate of drug-likeness (QED) is 0.454. The van der Waals surface area contributed by atoms with Crippen LogP contribution in [0, 0.1) is 6.92 Å². The van der Waals surface area contributed by atoms with Crippen molar-refractivity contribution in [2.24, 2.45) is 0 Å². The molecule has 0 spiro atoms. The molecule has 0 aliphatic rings. The molecule has 4 rings (SSSR count). The Morgan fingerprint density at radius 2 is 2.00 bits per heavy atom. The molecule has 6 nitrogen and oxygen atoms in total. The zero-order valence-corrected chi connectivity index (χ0v) is 16.3. The number of nitrogens with zero attached hydrogens (tertiary/aromatic N) is 4. The molecule has 4 aromatic rings. The SMILES string of the molecule is CCc1ccc2cc(-c3nc4cc(C=O)cc(OC)n4c3C)n(CC(F)F)c2n1. The molecule has 0 amide bonds. The van der Waals surface area contributed by atoms with E-state index in [0.717, 1.165) is 23.1 Å². The molecule has 0 saturated carbocycles. The Bertz CT molecular complexity index is 1230. The zero-order chi connectivity index (χ0) is 20.7. The largest absolute Gasteiger partial charge is 0.482 e. The Morgan fingerprint density at radius 1 is 1.21 bits per heavy atom. The van der Waals surface area contributed by atoms with Crippen LogP contribution in [0.4, 0.5) is 8.78 Å². The third-order valence-corrected chi connectivity index (χ3v) is 5.01. The van der Waals surface area contributed by atoms with E-state index in [1.807, 2.05) is 32.0 Å². The highest BCUT2D eigenvalue weighted by Crippen LogP contribution is 2.32. The first-order chi connectivity index (χ1) is 14.0. The van der Waals surface area contributed by atoms with Crippen LogP contribution in [-0.4, -0.2) is 38.8 Å². The van der Waals surface area contributed by atoms with Gasteiger partial charge in [0.15, 0.2) is 5.88 Å². The van der Waals surface area contributed by atoms with Gasteiger partial charge in [-0.05, 0) is 37.6 Å². The minimum atomic E-state index is -2.54. The number of fused-ring (bicyclic) bond motifs is 2. The summed E-state index contributed by atoms with van der Waals surface area (Å²) in [6.07, 6.45) is -1.11. The summed E-state index contributed by atoms with van der Waals surface area (Å²) in [4.78, 5) is 20.4. The van der Waals surface area contributed by atoms with E-state index in [1.54, 1.807) is 16.5 Å². The molecule has 0 saturated heterocycles. The van der Waals surface area contributed by atoms with Gasteiger partial charge in [0.1, 0.15) is 23.3 Å². The second-order valence-corrected chi connectivity index (χ2v) is 6.79. The van der Waals surface area contributed by atoms with E-state index in [4.69, 9.17) is 4.74 Å². The number of methoxy groups -OCH3 is 1. The second kappa shape index (κ2) is 7.27. The Kier molecular flexibility index (Phi) is 4.77. The van der Waals surface area contributed by atoms with Crippen molar-refractivity contribution in [1.82, 2.24) is 18.9 Å². The number of carbonyl (C=O) groups excluding carboxylic acids is 1. The van der Waals surface area contributed by atoms with Crippen molar-refractivity contribution in [1.29, 1.82) is 0 Å². The van der Waals surface area contributed by atoms with Gasteiger partial charge < -0.3 is 9.30 Å². The van der Waals surface area contributed by atoms with Crippen molar-refractivity contribution < 1.29 is 18.3 Å². The summed E-state index contributed by atoms with van der Waals surface area (Å²) in [6, 6.07) is 8.87. The summed E-state index contributed by atoms with van der Waals surface area (Å²) in [5, 5.41) is 0.773. The van der Waals surface area contributed by atoms with Crippen LogP contribution in [0.25, 0.3) is 28.1 Å². The highest BCUT2D eigenvalue weighted by molar-refractivity contribution is 5.85. The molecule has 0 unspecified atom stereocenters. The summed E-state index contributed by atoms with van der Waals surface area (Å²) in [5.41, 5.74) is 4.10. The molecule has 4 heterocycles. The number of aryl methyl sites for hydroxylation is 2. The lowest BCUT2D eigenvalue weighted by molar-refractivity contribution is 0.112. The smallest absolute Gasteiger partial charge is 0.256 e. The van der Waals surface area contributed by atoms with Crippen molar-refractivity contribution in [3.8, 4) is 17.3 Å². The molecule has 8 heteroatoms. The normalized spacial score (nSPS) is 11.7. The fourth-order valence-electron chi connectivity index (χ4n) is 3.64. The Labute approximate surface area is 165 Å². The van der Waals surface area contributed by atoms with Gasteiger partial charge in [-0.1, -0.05) is 6.92 Å². The lowest BCUT2D eigenvalue weighted by Gasteiger charge is -2.10. The van der Waals surface area contributed by atoms with Crippen LogP contribution in [-0.2, 0) is 13.0 Å². The lowest BCUT2D eigenvalue weighted by Crippen LogP contribution is -2.09. The highest BCUT2D eigenvalue weighted by Gasteiger charge is 2.21. The minimum absolute atomic E-state index is 0.424. The Hall–Kier alpha value is -3.29. The van der Waals surface area contributed by atoms with Crippen LogP contribution < -0.4 is 4.74 Å². The number of carbonyl (C=O) groups is 1. The molecule has 0 aliphatic heterocycles. The van der Waals surface area contributed by atoms with Crippen LogP contribution in [0.15, 0.2) is 30.3 Å². The predicted molar refractivity (Wildman–Crippen MR) is 106 cm³/mol. The van der Waals surface area contributed by atoms with Crippen molar-refractivity contribution in [3.05, 3.63) is 47.3 Å². The molecule has 0 atom stereocenters. The number of alkyl halides is 2. The van der Waals surface area contributed by atoms with E-state index < -0.39 is 13.0 Å². The number of aromatic nitrogens is 4. The standard InChI is InChI=1S/C21H20F2N4O2/c1-4-15-6-5-14-9-16(26(10-17(22)23)21(14)24-15)20-12(2)27-18(25-20)7-13(11-28)8-19(27)29-3/h5-9,11,17H,4,10H2,1-3H3. The second-order valence-electron chi connectivity index (χ2n) is 6.79. The fourth-order valence-corrected chi connectivity index (χ4v) is 3.64. The van der Waals surface area contributed by atoms with Crippen LogP contribution in [0.3, 0.4) is 0 Å². The molecule has 0 fully saturated rings. The third kappa shape index (κ3) is 3.14. The summed E-state index contributed by atoms with van der Waals surface area (Å²) in [6.45, 7) is 3.33. The molecule has 29 heavy (non-hydrogen) atoms. The van der Waals surface area contributed by atoms with Gasteiger partial charge in [-0.15, -0.1) is 0 Å². The molecule has 0 radical (unpaired) electrons. The van der Waals surface area contributed by atoms with E-state index in [1.165, 1.54) is 11.7 Å². The van der Waals surface area contributed by atoms with Crippen molar-refractivity contribution in [3.63, 3.8) is 0 Å². The number of hydrogen-bond donors (Lipinski definition) is 0. The van der Waals surface area contributed by atoms with E-state index in [0.29, 0.717) is 40.5 Å². The van der Waals surface area contributed by atoms with Gasteiger partial charge in [-0.3, -0.25) is 9.20 Å². The first kappa shape index (κ1) is 19.0. The van der Waals surface area contributed by atoms with Gasteiger partial charge >= 0.3 is 0 Å². The monoisotopic (exact) mass is 398 g/mol. The predicted octanol–water partition coefficient (Wildman–Crippen LogP) is 4.31. The third-order valence-electron chi connectivity index (χ3n) is 5.01. The van der Waals surface area contributed by atoms with E-state index in [9.17, 15) is 13.6 Å². The van der Waals surface area contributed by atoms with Gasteiger partial charge in [0.25, 0.3) is 6.43 Å². The number of halogens is 2. The number of hydrogen-bond acceptors (Lipinski definition) is 4. The topological polar surface area (TPSA) is 61.4 Å². The Morgan fingerprint density at radius 3 is 2.66 bits per heavy atom. The van der Waals surface area contributed by atoms with Crippen LogP contribution >= 0.6 is 0 Å². The van der Waals surface area contributed by atoms with E-state index in [-0.39, 0.29) is 0 Å².